The first kappa shape index (κ1) is 15.7. The van der Waals surface area contributed by atoms with Crippen molar-refractivity contribution in [3.8, 4) is 11.1 Å². The molecule has 0 heterocycles. The highest BCUT2D eigenvalue weighted by Crippen LogP contribution is 2.54. The number of aliphatic imine (C=N–C) groups is 1. The number of aryl methyl sites for hydroxylation is 1. The van der Waals surface area contributed by atoms with Crippen LogP contribution in [0.1, 0.15) is 56.2 Å². The van der Waals surface area contributed by atoms with Crippen molar-refractivity contribution in [3.63, 3.8) is 0 Å². The van der Waals surface area contributed by atoms with Gasteiger partial charge in [0.05, 0.1) is 5.69 Å². The standard InChI is InChI=1S/C21H23NO/c1-4-10-21(11-5-2)19-12-15(3)6-8-17(19)18-9-7-16(22-14-23)13-20(18)21/h6-9,12-13H,4-5,10-11H2,1-3H3. The molecule has 2 heteroatoms. The van der Waals surface area contributed by atoms with Crippen LogP contribution < -0.4 is 0 Å². The minimum Gasteiger partial charge on any atom is -0.211 e. The fraction of sp³-hybridized carbons (Fsp3) is 0.381. The van der Waals surface area contributed by atoms with Crippen molar-refractivity contribution in [3.05, 3.63) is 53.1 Å². The lowest BCUT2D eigenvalue weighted by Crippen LogP contribution is -2.25. The molecule has 0 bridgehead atoms. The first-order valence-electron chi connectivity index (χ1n) is 8.50. The zero-order valence-electron chi connectivity index (χ0n) is 14.1. The smallest absolute Gasteiger partial charge is 0.211 e. The molecular weight excluding hydrogens is 282 g/mol. The molecule has 1 aliphatic carbocycles. The summed E-state index contributed by atoms with van der Waals surface area (Å²) in [6, 6.07) is 12.9. The van der Waals surface area contributed by atoms with E-state index in [2.05, 4.69) is 56.1 Å². The predicted molar refractivity (Wildman–Crippen MR) is 95.0 cm³/mol. The number of hydrogen-bond acceptors (Lipinski definition) is 2. The van der Waals surface area contributed by atoms with Gasteiger partial charge in [0, 0.05) is 5.41 Å². The lowest BCUT2D eigenvalue weighted by atomic mass is 9.71. The van der Waals surface area contributed by atoms with E-state index in [0.717, 1.165) is 25.7 Å². The van der Waals surface area contributed by atoms with Crippen LogP contribution in [0.25, 0.3) is 11.1 Å². The predicted octanol–water partition coefficient (Wildman–Crippen LogP) is 5.83. The van der Waals surface area contributed by atoms with Crippen molar-refractivity contribution in [2.75, 3.05) is 0 Å². The average Bonchev–Trinajstić information content (AvgIpc) is 2.79. The fourth-order valence-electron chi connectivity index (χ4n) is 4.24. The number of hydrogen-bond donors (Lipinski definition) is 0. The Bertz CT molecular complexity index is 778. The quantitative estimate of drug-likeness (QED) is 0.505. The molecule has 1 aliphatic rings. The lowest BCUT2D eigenvalue weighted by molar-refractivity contribution is 0.435. The van der Waals surface area contributed by atoms with Gasteiger partial charge in [-0.05, 0) is 54.2 Å². The van der Waals surface area contributed by atoms with Gasteiger partial charge < -0.3 is 0 Å². The number of nitrogens with zero attached hydrogens (tertiary/aromatic N) is 1. The second kappa shape index (κ2) is 6.14. The van der Waals surface area contributed by atoms with E-state index in [4.69, 9.17) is 0 Å². The summed E-state index contributed by atoms with van der Waals surface area (Å²) < 4.78 is 0. The zero-order chi connectivity index (χ0) is 16.4. The molecule has 0 N–H and O–H groups in total. The topological polar surface area (TPSA) is 29.4 Å². The SMILES string of the molecule is CCCC1(CCC)c2cc(C)ccc2-c2ccc(N=C=O)cc21. The lowest BCUT2D eigenvalue weighted by Gasteiger charge is -2.32. The highest BCUT2D eigenvalue weighted by atomic mass is 16.1. The van der Waals surface area contributed by atoms with E-state index >= 15 is 0 Å². The summed E-state index contributed by atoms with van der Waals surface area (Å²) in [6.07, 6.45) is 6.18. The number of carbonyl (C=O) groups excluding carboxylic acids is 1. The summed E-state index contributed by atoms with van der Waals surface area (Å²) >= 11 is 0. The molecule has 0 atom stereocenters. The monoisotopic (exact) mass is 305 g/mol. The molecule has 2 aromatic rings. The Morgan fingerprint density at radius 1 is 0.957 bits per heavy atom. The molecule has 0 saturated heterocycles. The Morgan fingerprint density at radius 2 is 1.57 bits per heavy atom. The maximum atomic E-state index is 10.7. The average molecular weight is 305 g/mol. The first-order valence-corrected chi connectivity index (χ1v) is 8.50. The van der Waals surface area contributed by atoms with Gasteiger partial charge in [0.25, 0.3) is 0 Å². The van der Waals surface area contributed by atoms with Gasteiger partial charge in [-0.25, -0.2) is 4.79 Å². The molecule has 0 amide bonds. The Labute approximate surface area is 138 Å². The van der Waals surface area contributed by atoms with Gasteiger partial charge in [-0.2, -0.15) is 4.99 Å². The third-order valence-corrected chi connectivity index (χ3v) is 5.03. The first-order chi connectivity index (χ1) is 11.2. The molecule has 23 heavy (non-hydrogen) atoms. The van der Waals surface area contributed by atoms with Gasteiger partial charge in [-0.3, -0.25) is 0 Å². The Balaban J connectivity index is 2.31. The van der Waals surface area contributed by atoms with E-state index < -0.39 is 0 Å². The maximum Gasteiger partial charge on any atom is 0.240 e. The van der Waals surface area contributed by atoms with Gasteiger partial charge in [-0.1, -0.05) is 56.5 Å². The number of benzene rings is 2. The second-order valence-electron chi connectivity index (χ2n) is 6.56. The summed E-state index contributed by atoms with van der Waals surface area (Å²) in [5, 5.41) is 0. The van der Waals surface area contributed by atoms with Crippen molar-refractivity contribution in [2.45, 2.75) is 51.9 Å². The summed E-state index contributed by atoms with van der Waals surface area (Å²) in [5.41, 5.74) is 7.48. The van der Waals surface area contributed by atoms with Crippen molar-refractivity contribution in [1.29, 1.82) is 0 Å². The highest BCUT2D eigenvalue weighted by molar-refractivity contribution is 5.83. The van der Waals surface area contributed by atoms with Gasteiger partial charge in [0.1, 0.15) is 0 Å². The van der Waals surface area contributed by atoms with Gasteiger partial charge in [0.15, 0.2) is 0 Å². The van der Waals surface area contributed by atoms with Crippen LogP contribution in [-0.4, -0.2) is 6.08 Å². The normalized spacial score (nSPS) is 14.0. The molecule has 118 valence electrons. The van der Waals surface area contributed by atoms with Gasteiger partial charge >= 0.3 is 0 Å². The third-order valence-electron chi connectivity index (χ3n) is 5.03. The Kier molecular flexibility index (Phi) is 4.19. The van der Waals surface area contributed by atoms with Crippen LogP contribution in [0, 0.1) is 6.92 Å². The van der Waals surface area contributed by atoms with Gasteiger partial charge in [0.2, 0.25) is 6.08 Å². The molecule has 0 aliphatic heterocycles. The molecule has 0 saturated carbocycles. The van der Waals surface area contributed by atoms with E-state index in [1.807, 2.05) is 6.07 Å². The van der Waals surface area contributed by atoms with E-state index in [-0.39, 0.29) is 5.41 Å². The Hall–Kier alpha value is -2.18. The summed E-state index contributed by atoms with van der Waals surface area (Å²) in [4.78, 5) is 14.5. The van der Waals surface area contributed by atoms with Crippen LogP contribution in [0.5, 0.6) is 0 Å². The molecule has 3 rings (SSSR count). The van der Waals surface area contributed by atoms with Gasteiger partial charge in [-0.15, -0.1) is 0 Å². The molecule has 0 spiro atoms. The zero-order valence-corrected chi connectivity index (χ0v) is 14.1. The van der Waals surface area contributed by atoms with E-state index in [9.17, 15) is 4.79 Å². The van der Waals surface area contributed by atoms with E-state index in [1.54, 1.807) is 6.08 Å². The second-order valence-corrected chi connectivity index (χ2v) is 6.56. The van der Waals surface area contributed by atoms with E-state index in [0.29, 0.717) is 5.69 Å². The molecular formula is C21H23NO. The molecule has 2 nitrogen and oxygen atoms in total. The summed E-state index contributed by atoms with van der Waals surface area (Å²) in [5.74, 6) is 0. The summed E-state index contributed by atoms with van der Waals surface area (Å²) in [6.45, 7) is 6.66. The molecule has 0 fully saturated rings. The third kappa shape index (κ3) is 2.44. The van der Waals surface area contributed by atoms with Crippen LogP contribution in [-0.2, 0) is 10.2 Å². The number of rotatable bonds is 5. The van der Waals surface area contributed by atoms with E-state index in [1.165, 1.54) is 27.8 Å². The molecule has 2 aromatic carbocycles. The van der Waals surface area contributed by atoms with Crippen LogP contribution in [0.15, 0.2) is 41.4 Å². The van der Waals surface area contributed by atoms with Crippen molar-refractivity contribution in [1.82, 2.24) is 0 Å². The van der Waals surface area contributed by atoms with Crippen LogP contribution in [0.2, 0.25) is 0 Å². The molecule has 0 unspecified atom stereocenters. The largest absolute Gasteiger partial charge is 0.240 e. The fourth-order valence-corrected chi connectivity index (χ4v) is 4.24. The number of isocyanates is 1. The van der Waals surface area contributed by atoms with Crippen LogP contribution in [0.3, 0.4) is 0 Å². The van der Waals surface area contributed by atoms with Crippen LogP contribution >= 0.6 is 0 Å². The summed E-state index contributed by atoms with van der Waals surface area (Å²) in [7, 11) is 0. The number of fused-ring (bicyclic) bond motifs is 3. The maximum absolute atomic E-state index is 10.7. The Morgan fingerprint density at radius 3 is 2.17 bits per heavy atom. The molecule has 0 radical (unpaired) electrons. The molecule has 0 aromatic heterocycles. The van der Waals surface area contributed by atoms with Crippen molar-refractivity contribution < 1.29 is 4.79 Å². The van der Waals surface area contributed by atoms with Crippen LogP contribution in [0.4, 0.5) is 5.69 Å². The minimum atomic E-state index is 0.0502. The van der Waals surface area contributed by atoms with Crippen molar-refractivity contribution >= 4 is 11.8 Å². The highest BCUT2D eigenvalue weighted by Gasteiger charge is 2.41. The van der Waals surface area contributed by atoms with Crippen molar-refractivity contribution in [2.24, 2.45) is 4.99 Å². The minimum absolute atomic E-state index is 0.0502.